The Balaban J connectivity index is 1.51. The third-order valence-electron chi connectivity index (χ3n) is 4.68. The average Bonchev–Trinajstić information content (AvgIpc) is 3.14. The van der Waals surface area contributed by atoms with E-state index in [2.05, 4.69) is 10.6 Å². The number of nitrogens with zero attached hydrogens (tertiary/aromatic N) is 1. The summed E-state index contributed by atoms with van der Waals surface area (Å²) in [5.74, 6) is -1.32. The quantitative estimate of drug-likeness (QED) is 0.692. The molecule has 1 aromatic carbocycles. The van der Waals surface area contributed by atoms with E-state index in [1.54, 1.807) is 44.2 Å². The molecule has 1 aromatic rings. The number of urea groups is 1. The number of carbonyl (C=O) groups excluding carboxylic acids is 2. The zero-order valence-corrected chi connectivity index (χ0v) is 15.5. The first-order valence-corrected chi connectivity index (χ1v) is 9.02. The van der Waals surface area contributed by atoms with Crippen molar-refractivity contribution < 1.29 is 30.3 Å². The highest BCUT2D eigenvalue weighted by Gasteiger charge is 2.57. The minimum absolute atomic E-state index is 0.346. The first-order valence-electron chi connectivity index (χ1n) is 9.52. The normalized spacial score (nSPS) is 36.6. The smallest absolute Gasteiger partial charge is 0.325 e. The van der Waals surface area contributed by atoms with Crippen LogP contribution in [-0.2, 0) is 14.2 Å². The van der Waals surface area contributed by atoms with Gasteiger partial charge in [-0.15, -0.1) is 0 Å². The minimum atomic E-state index is -1.93. The molecule has 0 spiro atoms. The second kappa shape index (κ2) is 7.17. The van der Waals surface area contributed by atoms with Crippen molar-refractivity contribution in [2.75, 3.05) is 6.61 Å². The van der Waals surface area contributed by atoms with E-state index < -0.39 is 42.5 Å². The van der Waals surface area contributed by atoms with Crippen LogP contribution in [0.4, 0.5) is 4.79 Å². The number of fused-ring (bicyclic) bond motifs is 1. The molecule has 3 amide bonds. The van der Waals surface area contributed by atoms with Gasteiger partial charge in [-0.05, 0) is 32.1 Å². The van der Waals surface area contributed by atoms with Gasteiger partial charge in [0.25, 0.3) is 5.91 Å². The monoisotopic (exact) mass is 390 g/mol. The van der Waals surface area contributed by atoms with Crippen molar-refractivity contribution in [1.29, 1.82) is 0 Å². The van der Waals surface area contributed by atoms with Crippen molar-refractivity contribution in [1.82, 2.24) is 15.5 Å². The molecule has 2 fully saturated rings. The number of hydrogen-bond donors (Lipinski definition) is 3. The van der Waals surface area contributed by atoms with Crippen molar-refractivity contribution in [2.45, 2.75) is 50.3 Å². The summed E-state index contributed by atoms with van der Waals surface area (Å²) >= 11 is 0. The molecule has 3 aliphatic heterocycles. The zero-order valence-electron chi connectivity index (χ0n) is 16.5. The molecular weight excluding hydrogens is 366 g/mol. The Morgan fingerprint density at radius 3 is 2.71 bits per heavy atom. The lowest BCUT2D eigenvalue weighted by Crippen LogP contribution is -2.57. The molecule has 1 unspecified atom stereocenters. The second-order valence-electron chi connectivity index (χ2n) is 7.18. The lowest BCUT2D eigenvalue weighted by Gasteiger charge is -2.34. The summed E-state index contributed by atoms with van der Waals surface area (Å²) < 4.78 is 26.0. The lowest BCUT2D eigenvalue weighted by atomic mass is 10.1. The lowest BCUT2D eigenvalue weighted by molar-refractivity contribution is -0.201. The van der Waals surface area contributed by atoms with E-state index in [-0.39, 0.29) is 12.5 Å². The number of hydrogen-bond acceptors (Lipinski definition) is 6. The maximum absolute atomic E-state index is 12.7. The first-order chi connectivity index (χ1) is 13.7. The molecule has 3 heterocycles. The van der Waals surface area contributed by atoms with Gasteiger partial charge in [-0.1, -0.05) is 18.2 Å². The van der Waals surface area contributed by atoms with Gasteiger partial charge >= 0.3 is 6.03 Å². The summed E-state index contributed by atoms with van der Waals surface area (Å²) in [5, 5.41) is 14.9. The Kier molecular flexibility index (Phi) is 4.52. The SMILES string of the molecule is [2H][C@@]1(N2C=CC(NC(=O)c3ccccc3)NC2=O)O[C@H](CO)[C@H]2OC(C)(C)O[C@H]21. The van der Waals surface area contributed by atoms with Crippen molar-refractivity contribution in [3.63, 3.8) is 0 Å². The van der Waals surface area contributed by atoms with Gasteiger partial charge in [-0.2, -0.15) is 0 Å². The van der Waals surface area contributed by atoms with Gasteiger partial charge < -0.3 is 30.0 Å². The Labute approximate surface area is 163 Å². The van der Waals surface area contributed by atoms with Crippen LogP contribution in [0, 0.1) is 0 Å². The molecule has 0 saturated carbocycles. The molecule has 0 aliphatic carbocycles. The Morgan fingerprint density at radius 2 is 2.04 bits per heavy atom. The van der Waals surface area contributed by atoms with Crippen molar-refractivity contribution >= 4 is 11.9 Å². The maximum atomic E-state index is 12.7. The van der Waals surface area contributed by atoms with Crippen LogP contribution in [0.5, 0.6) is 0 Å². The number of amides is 3. The molecule has 9 nitrogen and oxygen atoms in total. The summed E-state index contributed by atoms with van der Waals surface area (Å²) in [7, 11) is 0. The zero-order chi connectivity index (χ0) is 20.8. The van der Waals surface area contributed by atoms with Gasteiger partial charge in [-0.25, -0.2) is 4.79 Å². The number of aliphatic hydroxyl groups is 1. The van der Waals surface area contributed by atoms with E-state index in [9.17, 15) is 14.7 Å². The predicted octanol–water partition coefficient (Wildman–Crippen LogP) is 0.519. The molecule has 150 valence electrons. The summed E-state index contributed by atoms with van der Waals surface area (Å²) in [6, 6.07) is 7.96. The first kappa shape index (κ1) is 17.6. The van der Waals surface area contributed by atoms with Gasteiger partial charge in [0, 0.05) is 11.8 Å². The standard InChI is InChI=1S/C19H23N3O6/c1-19(2)27-14-12(10-23)26-17(15(14)28-19)22-9-8-13(21-18(22)25)20-16(24)11-6-4-3-5-7-11/h3-9,12-15,17,23H,10H2,1-2H3,(H,20,24)(H,21,25)/t12-,13?,14-,15-,17-/m1/s1/i17D. The highest BCUT2D eigenvalue weighted by Crippen LogP contribution is 2.40. The molecule has 0 radical (unpaired) electrons. The number of carbonyl (C=O) groups is 2. The van der Waals surface area contributed by atoms with Crippen LogP contribution in [-0.4, -0.2) is 65.0 Å². The average molecular weight is 390 g/mol. The summed E-state index contributed by atoms with van der Waals surface area (Å²) in [6.07, 6.45) is -2.20. The third kappa shape index (κ3) is 3.49. The van der Waals surface area contributed by atoms with Crippen LogP contribution in [0.1, 0.15) is 25.6 Å². The summed E-state index contributed by atoms with van der Waals surface area (Å²) in [6.45, 7) is 3.01. The second-order valence-corrected chi connectivity index (χ2v) is 7.18. The van der Waals surface area contributed by atoms with Crippen LogP contribution in [0.2, 0.25) is 0 Å². The van der Waals surface area contributed by atoms with E-state index in [4.69, 9.17) is 15.6 Å². The van der Waals surface area contributed by atoms with Crippen LogP contribution in [0.3, 0.4) is 0 Å². The molecule has 5 atom stereocenters. The fourth-order valence-corrected chi connectivity index (χ4v) is 3.44. The maximum Gasteiger partial charge on any atom is 0.325 e. The molecule has 2 saturated heterocycles. The van der Waals surface area contributed by atoms with Gasteiger partial charge in [-0.3, -0.25) is 9.69 Å². The molecular formula is C19H23N3O6. The van der Waals surface area contributed by atoms with E-state index in [1.807, 2.05) is 0 Å². The predicted molar refractivity (Wildman–Crippen MR) is 96.8 cm³/mol. The minimum Gasteiger partial charge on any atom is -0.394 e. The van der Waals surface area contributed by atoms with Crippen molar-refractivity contribution in [3.05, 3.63) is 48.2 Å². The Bertz CT molecular complexity index is 834. The number of aliphatic hydroxyl groups excluding tert-OH is 1. The van der Waals surface area contributed by atoms with E-state index >= 15 is 0 Å². The topological polar surface area (TPSA) is 109 Å². The number of ether oxygens (including phenoxy) is 3. The van der Waals surface area contributed by atoms with Crippen molar-refractivity contribution in [3.8, 4) is 0 Å². The van der Waals surface area contributed by atoms with E-state index in [0.717, 1.165) is 4.90 Å². The van der Waals surface area contributed by atoms with Crippen LogP contribution < -0.4 is 10.6 Å². The van der Waals surface area contributed by atoms with Crippen LogP contribution >= 0.6 is 0 Å². The molecule has 3 aliphatic rings. The highest BCUT2D eigenvalue weighted by molar-refractivity contribution is 5.94. The molecule has 3 N–H and O–H groups in total. The largest absolute Gasteiger partial charge is 0.394 e. The fourth-order valence-electron chi connectivity index (χ4n) is 3.44. The molecule has 0 bridgehead atoms. The molecule has 28 heavy (non-hydrogen) atoms. The number of nitrogens with one attached hydrogen (secondary N) is 2. The Morgan fingerprint density at radius 1 is 1.32 bits per heavy atom. The number of rotatable bonds is 4. The van der Waals surface area contributed by atoms with Gasteiger partial charge in [0.1, 0.15) is 24.5 Å². The van der Waals surface area contributed by atoms with E-state index in [0.29, 0.717) is 5.56 Å². The molecule has 4 rings (SSSR count). The summed E-state index contributed by atoms with van der Waals surface area (Å²) in [5.41, 5.74) is 0.459. The molecule has 9 heteroatoms. The van der Waals surface area contributed by atoms with Gasteiger partial charge in [0.05, 0.1) is 7.98 Å². The number of benzene rings is 1. The molecule has 0 aromatic heterocycles. The van der Waals surface area contributed by atoms with Gasteiger partial charge in [0.2, 0.25) is 0 Å². The van der Waals surface area contributed by atoms with Crippen LogP contribution in [0.15, 0.2) is 42.6 Å². The van der Waals surface area contributed by atoms with Gasteiger partial charge in [0.15, 0.2) is 12.0 Å². The Hall–Kier alpha value is -2.46. The highest BCUT2D eigenvalue weighted by atomic mass is 16.8. The van der Waals surface area contributed by atoms with Crippen LogP contribution in [0.25, 0.3) is 0 Å². The van der Waals surface area contributed by atoms with E-state index in [1.165, 1.54) is 12.3 Å². The third-order valence-corrected chi connectivity index (χ3v) is 4.68. The summed E-state index contributed by atoms with van der Waals surface area (Å²) in [4.78, 5) is 26.0. The van der Waals surface area contributed by atoms with Crippen molar-refractivity contribution in [2.24, 2.45) is 0 Å². The fraction of sp³-hybridized carbons (Fsp3) is 0.474.